The third-order valence-electron chi connectivity index (χ3n) is 13.8. The second-order valence-corrected chi connectivity index (χ2v) is 15.3. The molecule has 1 saturated carbocycles. The third-order valence-corrected chi connectivity index (χ3v) is 13.8. The van der Waals surface area contributed by atoms with Crippen molar-refractivity contribution in [1.82, 2.24) is 21.3 Å². The number of aliphatic hydroxyl groups excluding tert-OH is 1. The van der Waals surface area contributed by atoms with Crippen molar-refractivity contribution in [2.45, 2.75) is 147 Å². The number of rotatable bonds is 5. The number of carboxylic acid groups (broad SMARTS) is 1. The van der Waals surface area contributed by atoms with Crippen LogP contribution >= 0.6 is 0 Å². The SMILES string of the molecule is CCC1C2CC3NC(CC4NC5C(CC(O)C5C4C)C4NC(CC(N2)C1C)C(C)[C@@H]4CCC(=O)O)C(CC)C3C. The van der Waals surface area contributed by atoms with Gasteiger partial charge in [0.05, 0.1) is 6.10 Å². The molecule has 0 spiro atoms. The van der Waals surface area contributed by atoms with Gasteiger partial charge in [-0.1, -0.05) is 54.4 Å². The van der Waals surface area contributed by atoms with Gasteiger partial charge in [-0.05, 0) is 79.4 Å². The summed E-state index contributed by atoms with van der Waals surface area (Å²) in [7, 11) is 0. The molecule has 7 heteroatoms. The Balaban J connectivity index is 1.34. The van der Waals surface area contributed by atoms with Crippen molar-refractivity contribution in [3.63, 3.8) is 0 Å². The molecule has 17 unspecified atom stereocenters. The Morgan fingerprint density at radius 2 is 1.12 bits per heavy atom. The Morgan fingerprint density at radius 1 is 0.650 bits per heavy atom. The van der Waals surface area contributed by atoms with E-state index in [1.807, 2.05) is 0 Å². The minimum atomic E-state index is -0.688. The fourth-order valence-corrected chi connectivity index (χ4v) is 11.6. The number of fused-ring (bicyclic) bond motifs is 8. The predicted octanol–water partition coefficient (Wildman–Crippen LogP) is 3.61. The summed E-state index contributed by atoms with van der Waals surface area (Å²) in [6.07, 6.45) is 7.43. The number of aliphatic hydroxyl groups is 1. The van der Waals surface area contributed by atoms with Crippen LogP contribution in [0.5, 0.6) is 0 Å². The molecule has 5 saturated heterocycles. The zero-order valence-corrected chi connectivity index (χ0v) is 25.9. The molecule has 0 aromatic carbocycles. The van der Waals surface area contributed by atoms with E-state index in [9.17, 15) is 15.0 Å². The van der Waals surface area contributed by atoms with E-state index in [1.165, 1.54) is 19.3 Å². The van der Waals surface area contributed by atoms with Crippen LogP contribution in [0.4, 0.5) is 0 Å². The van der Waals surface area contributed by atoms with E-state index < -0.39 is 5.97 Å². The molecule has 0 amide bonds. The molecule has 6 N–H and O–H groups in total. The van der Waals surface area contributed by atoms with E-state index in [4.69, 9.17) is 0 Å². The molecule has 0 aromatic rings. The second kappa shape index (κ2) is 11.4. The lowest BCUT2D eigenvalue weighted by Crippen LogP contribution is -2.48. The minimum Gasteiger partial charge on any atom is -0.481 e. The van der Waals surface area contributed by atoms with Gasteiger partial charge in [-0.2, -0.15) is 0 Å². The van der Waals surface area contributed by atoms with Crippen molar-refractivity contribution in [2.75, 3.05) is 0 Å². The fourth-order valence-electron chi connectivity index (χ4n) is 11.6. The van der Waals surface area contributed by atoms with E-state index >= 15 is 0 Å². The normalized spacial score (nSPS) is 55.7. The van der Waals surface area contributed by atoms with Gasteiger partial charge in [0.25, 0.3) is 0 Å². The first-order chi connectivity index (χ1) is 19.1. The summed E-state index contributed by atoms with van der Waals surface area (Å²) in [5.41, 5.74) is 0. The summed E-state index contributed by atoms with van der Waals surface area (Å²) in [5, 5.41) is 37.7. The summed E-state index contributed by atoms with van der Waals surface area (Å²) >= 11 is 0. The van der Waals surface area contributed by atoms with Gasteiger partial charge >= 0.3 is 5.97 Å². The van der Waals surface area contributed by atoms with Crippen molar-refractivity contribution in [3.05, 3.63) is 0 Å². The highest BCUT2D eigenvalue weighted by Gasteiger charge is 2.58. The lowest BCUT2D eigenvalue weighted by Gasteiger charge is -2.32. The molecule has 0 aromatic heterocycles. The fraction of sp³-hybridized carbons (Fsp3) is 0.970. The van der Waals surface area contributed by atoms with Gasteiger partial charge in [-0.15, -0.1) is 0 Å². The number of carbonyl (C=O) groups is 1. The number of hydrogen-bond donors (Lipinski definition) is 6. The maximum Gasteiger partial charge on any atom is 0.303 e. The molecular weight excluding hydrogens is 500 g/mol. The maximum atomic E-state index is 11.7. The summed E-state index contributed by atoms with van der Waals surface area (Å²) in [5.74, 6) is 3.89. The van der Waals surface area contributed by atoms with Gasteiger partial charge in [0.2, 0.25) is 0 Å². The average Bonchev–Trinajstić information content (AvgIpc) is 3.65. The van der Waals surface area contributed by atoms with Gasteiger partial charge in [0, 0.05) is 60.7 Å². The molecule has 18 atom stereocenters. The van der Waals surface area contributed by atoms with Crippen molar-refractivity contribution in [2.24, 2.45) is 53.3 Å². The first-order valence-electron chi connectivity index (χ1n) is 17.1. The van der Waals surface area contributed by atoms with Crippen LogP contribution in [-0.2, 0) is 4.79 Å². The smallest absolute Gasteiger partial charge is 0.303 e. The lowest BCUT2D eigenvalue weighted by atomic mass is 9.76. The zero-order chi connectivity index (χ0) is 28.5. The molecule has 6 fully saturated rings. The monoisotopic (exact) mass is 558 g/mol. The Bertz CT molecular complexity index is 918. The Morgan fingerprint density at radius 3 is 1.68 bits per heavy atom. The van der Waals surface area contributed by atoms with Crippen LogP contribution in [0.15, 0.2) is 0 Å². The molecule has 8 bridgehead atoms. The first-order valence-corrected chi connectivity index (χ1v) is 17.1. The van der Waals surface area contributed by atoms with E-state index in [1.54, 1.807) is 0 Å². The number of hydrogen-bond acceptors (Lipinski definition) is 6. The van der Waals surface area contributed by atoms with Crippen LogP contribution in [0.1, 0.15) is 92.9 Å². The largest absolute Gasteiger partial charge is 0.481 e. The van der Waals surface area contributed by atoms with Crippen LogP contribution in [0.3, 0.4) is 0 Å². The van der Waals surface area contributed by atoms with Gasteiger partial charge in [0.1, 0.15) is 0 Å². The van der Waals surface area contributed by atoms with Crippen molar-refractivity contribution in [1.29, 1.82) is 0 Å². The molecule has 40 heavy (non-hydrogen) atoms. The maximum absolute atomic E-state index is 11.7. The molecule has 228 valence electrons. The summed E-state index contributed by atoms with van der Waals surface area (Å²) in [6.45, 7) is 14.5. The Kier molecular flexibility index (Phi) is 8.37. The number of nitrogens with one attached hydrogen (secondary N) is 4. The summed E-state index contributed by atoms with van der Waals surface area (Å²) in [6, 6.07) is 3.52. The summed E-state index contributed by atoms with van der Waals surface area (Å²) in [4.78, 5) is 11.7. The van der Waals surface area contributed by atoms with E-state index in [0.717, 1.165) is 25.7 Å². The van der Waals surface area contributed by atoms with Crippen LogP contribution < -0.4 is 21.3 Å². The highest BCUT2D eigenvalue weighted by molar-refractivity contribution is 5.66. The summed E-state index contributed by atoms with van der Waals surface area (Å²) < 4.78 is 0. The van der Waals surface area contributed by atoms with Crippen molar-refractivity contribution in [3.8, 4) is 0 Å². The second-order valence-electron chi connectivity index (χ2n) is 15.3. The molecular formula is C33H58N4O3. The van der Waals surface area contributed by atoms with Crippen LogP contribution in [0.25, 0.3) is 0 Å². The highest BCUT2D eigenvalue weighted by atomic mass is 16.4. The van der Waals surface area contributed by atoms with Gasteiger partial charge in [0.15, 0.2) is 0 Å². The van der Waals surface area contributed by atoms with E-state index in [2.05, 4.69) is 62.8 Å². The van der Waals surface area contributed by atoms with Gasteiger partial charge in [-0.3, -0.25) is 4.79 Å². The predicted molar refractivity (Wildman–Crippen MR) is 159 cm³/mol. The van der Waals surface area contributed by atoms with Crippen LogP contribution in [-0.4, -0.2) is 70.6 Å². The van der Waals surface area contributed by atoms with Crippen molar-refractivity contribution < 1.29 is 15.0 Å². The first kappa shape index (κ1) is 29.3. The molecule has 7 nitrogen and oxygen atoms in total. The highest BCUT2D eigenvalue weighted by Crippen LogP contribution is 2.50. The Labute approximate surface area is 242 Å². The van der Waals surface area contributed by atoms with Gasteiger partial charge < -0.3 is 31.5 Å². The average molecular weight is 559 g/mol. The number of carboxylic acids is 1. The van der Waals surface area contributed by atoms with Crippen molar-refractivity contribution >= 4 is 5.97 Å². The Hall–Kier alpha value is -0.730. The zero-order valence-electron chi connectivity index (χ0n) is 25.9. The van der Waals surface area contributed by atoms with E-state index in [0.29, 0.717) is 95.6 Å². The van der Waals surface area contributed by atoms with Crippen LogP contribution in [0.2, 0.25) is 0 Å². The minimum absolute atomic E-state index is 0.235. The van der Waals surface area contributed by atoms with E-state index in [-0.39, 0.29) is 18.6 Å². The topological polar surface area (TPSA) is 106 Å². The lowest BCUT2D eigenvalue weighted by molar-refractivity contribution is -0.137. The molecule has 1 aliphatic carbocycles. The van der Waals surface area contributed by atoms with Crippen LogP contribution in [0, 0.1) is 53.3 Å². The molecule has 6 aliphatic rings. The molecule has 5 aliphatic heterocycles. The van der Waals surface area contributed by atoms with Gasteiger partial charge in [-0.25, -0.2) is 0 Å². The number of aliphatic carboxylic acids is 1. The quantitative estimate of drug-likeness (QED) is 0.306. The molecule has 6 rings (SSSR count). The third kappa shape index (κ3) is 4.88. The standard InChI is InChI=1S/C33H58N4O3/c1-7-19-15(3)23-12-25-17(5)21(9-10-30(39)40)32(36-25)22-11-29(38)31-18(6)26(37-33(22)31)14-28-20(8-2)16(4)24(35-28)13-27(19)34-23/h15-29,31-38H,7-14H2,1-6H3,(H,39,40)/t15?,16?,17?,18?,19?,20?,21-,22?,23?,24?,25?,26?,27?,28?,29?,31?,32?,33?/m0/s1. The molecule has 5 heterocycles. The molecule has 0 radical (unpaired) electrons.